The summed E-state index contributed by atoms with van der Waals surface area (Å²) in [6, 6.07) is 7.57. The first-order valence-electron chi connectivity index (χ1n) is 4.53. The number of ether oxygens (including phenoxy) is 1. The Morgan fingerprint density at radius 3 is 2.93 bits per heavy atom. The summed E-state index contributed by atoms with van der Waals surface area (Å²) in [4.78, 5) is 0. The molecule has 3 heteroatoms. The van der Waals surface area contributed by atoms with Crippen molar-refractivity contribution in [1.29, 1.82) is 5.26 Å². The lowest BCUT2D eigenvalue weighted by atomic mass is 10.1. The van der Waals surface area contributed by atoms with Crippen molar-refractivity contribution >= 4 is 0 Å². The van der Waals surface area contributed by atoms with Crippen molar-refractivity contribution in [2.24, 2.45) is 0 Å². The summed E-state index contributed by atoms with van der Waals surface area (Å²) in [6.07, 6.45) is 5.11. The maximum atomic E-state index is 8.86. The molecule has 0 radical (unpaired) electrons. The van der Waals surface area contributed by atoms with Gasteiger partial charge in [0.2, 0.25) is 0 Å². The number of methoxy groups -OCH3 is 1. The van der Waals surface area contributed by atoms with Gasteiger partial charge in [0.1, 0.15) is 11.8 Å². The fourth-order valence-electron chi connectivity index (χ4n) is 1.23. The topological polar surface area (TPSA) is 45.0 Å². The van der Waals surface area contributed by atoms with Crippen LogP contribution in [0, 0.1) is 23.7 Å². The molecule has 0 bridgehead atoms. The van der Waals surface area contributed by atoms with Gasteiger partial charge in [-0.05, 0) is 17.7 Å². The molecular weight excluding hydrogens is 188 g/mol. The summed E-state index contributed by atoms with van der Waals surface area (Å²) in [6.45, 7) is 1.18. The van der Waals surface area contributed by atoms with Crippen LogP contribution in [-0.2, 0) is 6.54 Å². The molecule has 0 fully saturated rings. The highest BCUT2D eigenvalue weighted by molar-refractivity contribution is 5.45. The van der Waals surface area contributed by atoms with E-state index >= 15 is 0 Å². The van der Waals surface area contributed by atoms with Gasteiger partial charge in [0.05, 0.1) is 19.2 Å². The Morgan fingerprint density at radius 2 is 2.33 bits per heavy atom. The van der Waals surface area contributed by atoms with Gasteiger partial charge in [0.25, 0.3) is 0 Å². The van der Waals surface area contributed by atoms with E-state index in [-0.39, 0.29) is 0 Å². The molecule has 15 heavy (non-hydrogen) atoms. The summed E-state index contributed by atoms with van der Waals surface area (Å²) in [5.74, 6) is 3.08. The van der Waals surface area contributed by atoms with E-state index in [2.05, 4.69) is 17.3 Å². The van der Waals surface area contributed by atoms with E-state index in [1.807, 2.05) is 6.07 Å². The molecule has 1 aromatic carbocycles. The Hall–Kier alpha value is -1.97. The van der Waals surface area contributed by atoms with Crippen molar-refractivity contribution in [3.05, 3.63) is 29.3 Å². The number of terminal acetylenes is 1. The Labute approximate surface area is 89.7 Å². The maximum absolute atomic E-state index is 8.86. The summed E-state index contributed by atoms with van der Waals surface area (Å²) < 4.78 is 5.04. The van der Waals surface area contributed by atoms with Gasteiger partial charge < -0.3 is 10.1 Å². The number of nitriles is 1. The highest BCUT2D eigenvalue weighted by Crippen LogP contribution is 2.18. The second-order valence-corrected chi connectivity index (χ2v) is 2.95. The van der Waals surface area contributed by atoms with Gasteiger partial charge >= 0.3 is 0 Å². The highest BCUT2D eigenvalue weighted by atomic mass is 16.5. The fraction of sp³-hybridized carbons (Fsp3) is 0.250. The molecule has 0 unspecified atom stereocenters. The first kappa shape index (κ1) is 11.1. The summed E-state index contributed by atoms with van der Waals surface area (Å²) in [5, 5.41) is 11.9. The van der Waals surface area contributed by atoms with Crippen LogP contribution in [-0.4, -0.2) is 13.7 Å². The van der Waals surface area contributed by atoms with Crippen molar-refractivity contribution in [1.82, 2.24) is 5.32 Å². The van der Waals surface area contributed by atoms with E-state index in [0.29, 0.717) is 24.4 Å². The van der Waals surface area contributed by atoms with Crippen LogP contribution in [0.25, 0.3) is 0 Å². The minimum Gasteiger partial charge on any atom is -0.495 e. The molecule has 1 N–H and O–H groups in total. The number of hydrogen-bond acceptors (Lipinski definition) is 3. The zero-order valence-electron chi connectivity index (χ0n) is 8.58. The molecule has 0 heterocycles. The van der Waals surface area contributed by atoms with E-state index in [4.69, 9.17) is 16.4 Å². The SMILES string of the molecule is C#CCNCc1ccc(OC)c(C#N)c1. The smallest absolute Gasteiger partial charge is 0.136 e. The van der Waals surface area contributed by atoms with Crippen molar-refractivity contribution in [3.63, 3.8) is 0 Å². The van der Waals surface area contributed by atoms with Crippen molar-refractivity contribution in [2.75, 3.05) is 13.7 Å². The summed E-state index contributed by atoms with van der Waals surface area (Å²) in [5.41, 5.74) is 1.56. The highest BCUT2D eigenvalue weighted by Gasteiger charge is 2.02. The molecular formula is C12H12N2O. The lowest BCUT2D eigenvalue weighted by Crippen LogP contribution is -2.13. The normalized spacial score (nSPS) is 9.00. The minimum absolute atomic E-state index is 0.522. The van der Waals surface area contributed by atoms with Crippen LogP contribution in [0.3, 0.4) is 0 Å². The second kappa shape index (κ2) is 5.70. The molecule has 3 nitrogen and oxygen atoms in total. The molecule has 76 valence electrons. The number of nitrogens with zero attached hydrogens (tertiary/aromatic N) is 1. The van der Waals surface area contributed by atoms with Gasteiger partial charge in [0.15, 0.2) is 0 Å². The van der Waals surface area contributed by atoms with Crippen LogP contribution >= 0.6 is 0 Å². The molecule has 0 aliphatic rings. The predicted molar refractivity (Wildman–Crippen MR) is 58.2 cm³/mol. The Morgan fingerprint density at radius 1 is 1.53 bits per heavy atom. The maximum Gasteiger partial charge on any atom is 0.136 e. The molecule has 0 saturated carbocycles. The van der Waals surface area contributed by atoms with Gasteiger partial charge in [-0.3, -0.25) is 0 Å². The Kier molecular flexibility index (Phi) is 4.22. The van der Waals surface area contributed by atoms with Crippen molar-refractivity contribution < 1.29 is 4.74 Å². The third kappa shape index (κ3) is 3.02. The van der Waals surface area contributed by atoms with Crippen LogP contribution in [0.1, 0.15) is 11.1 Å². The molecule has 0 amide bonds. The minimum atomic E-state index is 0.522. The summed E-state index contributed by atoms with van der Waals surface area (Å²) >= 11 is 0. The molecule has 0 aliphatic carbocycles. The van der Waals surface area contributed by atoms with E-state index < -0.39 is 0 Å². The zero-order valence-corrected chi connectivity index (χ0v) is 8.58. The van der Waals surface area contributed by atoms with E-state index in [1.165, 1.54) is 0 Å². The third-order valence-electron chi connectivity index (χ3n) is 1.94. The molecule has 0 spiro atoms. The van der Waals surface area contributed by atoms with Gasteiger partial charge in [-0.15, -0.1) is 6.42 Å². The van der Waals surface area contributed by atoms with Crippen LogP contribution in [0.2, 0.25) is 0 Å². The van der Waals surface area contributed by atoms with Gasteiger partial charge in [0, 0.05) is 6.54 Å². The fourth-order valence-corrected chi connectivity index (χ4v) is 1.23. The van der Waals surface area contributed by atoms with Crippen molar-refractivity contribution in [3.8, 4) is 24.2 Å². The monoisotopic (exact) mass is 200 g/mol. The number of rotatable bonds is 4. The van der Waals surface area contributed by atoms with Gasteiger partial charge in [-0.1, -0.05) is 12.0 Å². The van der Waals surface area contributed by atoms with Gasteiger partial charge in [-0.25, -0.2) is 0 Å². The molecule has 1 rings (SSSR count). The van der Waals surface area contributed by atoms with E-state index in [1.54, 1.807) is 19.2 Å². The molecule has 0 aliphatic heterocycles. The van der Waals surface area contributed by atoms with Crippen LogP contribution < -0.4 is 10.1 Å². The zero-order chi connectivity index (χ0) is 11.1. The quantitative estimate of drug-likeness (QED) is 0.588. The molecule has 0 saturated heterocycles. The Balaban J connectivity index is 2.77. The third-order valence-corrected chi connectivity index (χ3v) is 1.94. The average Bonchev–Trinajstić information content (AvgIpc) is 2.29. The number of nitrogens with one attached hydrogen (secondary N) is 1. The van der Waals surface area contributed by atoms with Crippen LogP contribution in [0.15, 0.2) is 18.2 Å². The number of hydrogen-bond donors (Lipinski definition) is 1. The first-order valence-corrected chi connectivity index (χ1v) is 4.53. The standard InChI is InChI=1S/C12H12N2O/c1-3-6-14-9-10-4-5-12(15-2)11(7-10)8-13/h1,4-5,7,14H,6,9H2,2H3. The summed E-state index contributed by atoms with van der Waals surface area (Å²) in [7, 11) is 1.55. The second-order valence-electron chi connectivity index (χ2n) is 2.95. The predicted octanol–water partition coefficient (Wildman–Crippen LogP) is 1.29. The largest absolute Gasteiger partial charge is 0.495 e. The molecule has 0 atom stereocenters. The van der Waals surface area contributed by atoms with E-state index in [9.17, 15) is 0 Å². The van der Waals surface area contributed by atoms with Crippen LogP contribution in [0.4, 0.5) is 0 Å². The van der Waals surface area contributed by atoms with E-state index in [0.717, 1.165) is 5.56 Å². The lowest BCUT2D eigenvalue weighted by Gasteiger charge is -2.05. The number of benzene rings is 1. The Bertz CT molecular complexity index is 413. The molecule has 0 aromatic heterocycles. The molecule has 1 aromatic rings. The lowest BCUT2D eigenvalue weighted by molar-refractivity contribution is 0.413. The first-order chi connectivity index (χ1) is 7.31. The average molecular weight is 200 g/mol. The van der Waals surface area contributed by atoms with Crippen molar-refractivity contribution in [2.45, 2.75) is 6.54 Å². The van der Waals surface area contributed by atoms with Crippen LogP contribution in [0.5, 0.6) is 5.75 Å². The van der Waals surface area contributed by atoms with Gasteiger partial charge in [-0.2, -0.15) is 5.26 Å².